The SMILES string of the molecule is O=S(=O)([O-])OCCS(=O)(=O)c1ccc(N=Nc2c(S(=O)(=O)[O-])cc3cc(S(=O)(=O)[O-])cc(Nc4nc(Cl)nc(Nc5cccc(S(=O)(=O)CCOS(=O)(=O)O)c5)n4)c3c2[O-])cc1.[Na+].[Na+].[Na+].[Na+]. The normalized spacial score (nSPS) is 12.3. The Balaban J connectivity index is 0.00000544. The van der Waals surface area contributed by atoms with E-state index in [1.54, 1.807) is 0 Å². The Bertz CT molecular complexity index is 3330. The zero-order valence-electron chi connectivity index (χ0n) is 34.0. The van der Waals surface area contributed by atoms with Gasteiger partial charge in [-0.1, -0.05) is 11.8 Å². The van der Waals surface area contributed by atoms with Gasteiger partial charge >= 0.3 is 129 Å². The molecule has 0 aliphatic heterocycles. The predicted molar refractivity (Wildman–Crippen MR) is 205 cm³/mol. The van der Waals surface area contributed by atoms with Gasteiger partial charge in [0.25, 0.3) is 0 Å². The molecule has 0 saturated heterocycles. The molecule has 334 valence electrons. The summed E-state index contributed by atoms with van der Waals surface area (Å²) in [5.74, 6) is -4.21. The monoisotopic (exact) mass is 1090 g/mol. The molecule has 0 aliphatic rings. The van der Waals surface area contributed by atoms with Crippen molar-refractivity contribution in [1.29, 1.82) is 0 Å². The molecular formula is C29H22ClN7Na4O19S6. The van der Waals surface area contributed by atoms with Gasteiger partial charge in [0, 0.05) is 11.4 Å². The number of nitrogens with one attached hydrogen (secondary N) is 2. The van der Waals surface area contributed by atoms with Crippen LogP contribution in [-0.2, 0) is 69.1 Å². The zero-order valence-corrected chi connectivity index (χ0v) is 47.7. The summed E-state index contributed by atoms with van der Waals surface area (Å²) in [4.78, 5) is 8.53. The number of nitrogens with zero attached hydrogens (tertiary/aromatic N) is 5. The summed E-state index contributed by atoms with van der Waals surface area (Å²) in [5.41, 5.74) is -2.00. The fourth-order valence-corrected chi connectivity index (χ4v) is 9.36. The van der Waals surface area contributed by atoms with E-state index in [4.69, 9.17) is 16.2 Å². The number of sulfone groups is 2. The van der Waals surface area contributed by atoms with Gasteiger partial charge in [-0.15, -0.1) is 5.11 Å². The number of hydrogen-bond donors (Lipinski definition) is 3. The maximum atomic E-state index is 14.0. The third-order valence-electron chi connectivity index (χ3n) is 7.59. The van der Waals surface area contributed by atoms with Crippen LogP contribution in [0.25, 0.3) is 10.8 Å². The zero-order chi connectivity index (χ0) is 46.1. The summed E-state index contributed by atoms with van der Waals surface area (Å²) in [6, 6.07) is 10.4. The summed E-state index contributed by atoms with van der Waals surface area (Å²) in [6.45, 7) is -1.92. The van der Waals surface area contributed by atoms with Gasteiger partial charge in [0.05, 0.1) is 55.7 Å². The van der Waals surface area contributed by atoms with E-state index in [9.17, 15) is 69.3 Å². The van der Waals surface area contributed by atoms with Crippen LogP contribution in [0.3, 0.4) is 0 Å². The van der Waals surface area contributed by atoms with Crippen LogP contribution < -0.4 is 134 Å². The van der Waals surface area contributed by atoms with Crippen molar-refractivity contribution >= 4 is 118 Å². The van der Waals surface area contributed by atoms with E-state index in [1.807, 2.05) is 0 Å². The Hall–Kier alpha value is -1.10. The van der Waals surface area contributed by atoms with Crippen LogP contribution in [0.5, 0.6) is 5.75 Å². The van der Waals surface area contributed by atoms with Crippen LogP contribution in [0.1, 0.15) is 0 Å². The third kappa shape index (κ3) is 17.9. The number of azo groups is 1. The van der Waals surface area contributed by atoms with Gasteiger partial charge in [0.15, 0.2) is 19.7 Å². The minimum Gasteiger partial charge on any atom is -0.870 e. The maximum Gasteiger partial charge on any atom is 1.00 e. The van der Waals surface area contributed by atoms with Crippen molar-refractivity contribution in [3.63, 3.8) is 0 Å². The molecule has 0 unspecified atom stereocenters. The molecule has 3 N–H and O–H groups in total. The van der Waals surface area contributed by atoms with Crippen molar-refractivity contribution in [3.05, 3.63) is 72.0 Å². The van der Waals surface area contributed by atoms with Gasteiger partial charge in [-0.3, -0.25) is 8.74 Å². The van der Waals surface area contributed by atoms with E-state index >= 15 is 0 Å². The average Bonchev–Trinajstić information content (AvgIpc) is 3.12. The third-order valence-corrected chi connectivity index (χ3v) is 13.7. The standard InChI is InChI=1S/C29H26ClN7O19S6.4Na/c30-27-33-28(31-18-2-1-3-20(14-18)58(41,42)11-9-56-62(52,53)54)35-29(34-27)32-22-15-21(59(43,44)45)12-16-13-23(60(46,47)48)25(26(38)24(16)22)37-36-17-4-6-19(7-5-17)57(39,40)10-8-55-61(49,50)51;;;;/h1-7,12-15,38H,8-11H2,(H,43,44,45)(H,46,47,48)(H,49,50,51)(H,52,53,54)(H2,31,32,33,34,35);;;;/q;4*+1/p-4. The van der Waals surface area contributed by atoms with Crippen LogP contribution >= 0.6 is 11.6 Å². The Labute approximate surface area is 469 Å². The van der Waals surface area contributed by atoms with Gasteiger partial charge < -0.3 is 29.4 Å². The minimum atomic E-state index is -5.63. The van der Waals surface area contributed by atoms with Gasteiger partial charge in [0.2, 0.25) is 27.6 Å². The van der Waals surface area contributed by atoms with Crippen LogP contribution in [0.15, 0.2) is 96.5 Å². The molecule has 1 aromatic heterocycles. The Morgan fingerprint density at radius 3 is 1.74 bits per heavy atom. The van der Waals surface area contributed by atoms with Crippen molar-refractivity contribution in [2.75, 3.05) is 35.4 Å². The molecule has 0 radical (unpaired) electrons. The molecule has 5 rings (SSSR count). The number of benzene rings is 4. The molecule has 0 atom stereocenters. The number of halogens is 1. The molecule has 5 aromatic rings. The molecule has 0 fully saturated rings. The molecule has 66 heavy (non-hydrogen) atoms. The number of rotatable bonds is 18. The van der Waals surface area contributed by atoms with E-state index in [2.05, 4.69) is 44.2 Å². The molecule has 1 heterocycles. The predicted octanol–water partition coefficient (Wildman–Crippen LogP) is -10.7. The quantitative estimate of drug-likeness (QED) is 0.0317. The van der Waals surface area contributed by atoms with Crippen LogP contribution in [0, 0.1) is 0 Å². The molecule has 4 aromatic carbocycles. The number of hydrogen-bond acceptors (Lipinski definition) is 25. The van der Waals surface area contributed by atoms with E-state index < -0.39 is 145 Å². The maximum absolute atomic E-state index is 14.0. The Morgan fingerprint density at radius 2 is 1.20 bits per heavy atom. The average molecular weight is 1090 g/mol. The number of anilines is 4. The van der Waals surface area contributed by atoms with Gasteiger partial charge in [-0.2, -0.15) is 28.5 Å². The molecule has 26 nitrogen and oxygen atoms in total. The Morgan fingerprint density at radius 1 is 0.636 bits per heavy atom. The van der Waals surface area contributed by atoms with Crippen molar-refractivity contribution in [2.24, 2.45) is 10.2 Å². The first-order valence-corrected chi connectivity index (χ1v) is 25.2. The largest absolute Gasteiger partial charge is 1.00 e. The molecule has 37 heteroatoms. The summed E-state index contributed by atoms with van der Waals surface area (Å²) in [7, 11) is -29.5. The van der Waals surface area contributed by atoms with Crippen LogP contribution in [0.2, 0.25) is 5.28 Å². The van der Waals surface area contributed by atoms with Crippen molar-refractivity contribution in [2.45, 2.75) is 19.6 Å². The minimum absolute atomic E-state index is 0. The van der Waals surface area contributed by atoms with E-state index in [-0.39, 0.29) is 134 Å². The van der Waals surface area contributed by atoms with Crippen LogP contribution in [0.4, 0.5) is 34.6 Å². The second-order valence-electron chi connectivity index (χ2n) is 11.9. The smallest absolute Gasteiger partial charge is 0.870 e. The number of aromatic nitrogens is 3. The van der Waals surface area contributed by atoms with Gasteiger partial charge in [0.1, 0.15) is 20.2 Å². The number of fused-ring (bicyclic) bond motifs is 1. The van der Waals surface area contributed by atoms with Crippen molar-refractivity contribution < 1.29 is 200 Å². The first-order valence-electron chi connectivity index (χ1n) is 16.0. The summed E-state index contributed by atoms with van der Waals surface area (Å²) < 4.78 is 194. The molecule has 0 aliphatic carbocycles. The molecule has 0 saturated carbocycles. The van der Waals surface area contributed by atoms with Gasteiger partial charge in [-0.25, -0.2) is 46.3 Å². The second-order valence-corrected chi connectivity index (χ2v) is 21.3. The second kappa shape index (κ2) is 24.8. The van der Waals surface area contributed by atoms with E-state index in [0.29, 0.717) is 18.2 Å². The van der Waals surface area contributed by atoms with Gasteiger partial charge in [-0.05, 0) is 83.0 Å². The summed E-state index contributed by atoms with van der Waals surface area (Å²) in [6.07, 6.45) is 0. The van der Waals surface area contributed by atoms with Crippen molar-refractivity contribution in [1.82, 2.24) is 15.0 Å². The Kier molecular flexibility index (Phi) is 23.7. The molecule has 0 spiro atoms. The summed E-state index contributed by atoms with van der Waals surface area (Å²) >= 11 is 6.07. The first kappa shape index (κ1) is 62.9. The molecule has 0 bridgehead atoms. The first-order chi connectivity index (χ1) is 28.5. The molecular weight excluding hydrogens is 1070 g/mol. The fourth-order valence-electron chi connectivity index (χ4n) is 5.01. The van der Waals surface area contributed by atoms with Crippen molar-refractivity contribution in [3.8, 4) is 5.75 Å². The van der Waals surface area contributed by atoms with E-state index in [0.717, 1.165) is 36.4 Å². The molecule has 0 amide bonds. The van der Waals surface area contributed by atoms with E-state index in [1.165, 1.54) is 12.1 Å². The fraction of sp³-hybridized carbons (Fsp3) is 0.138. The topological polar surface area (TPSA) is 423 Å². The van der Waals surface area contributed by atoms with Crippen LogP contribution in [-0.4, -0.2) is 108 Å². The summed E-state index contributed by atoms with van der Waals surface area (Å²) in [5, 5.41) is 24.5.